The van der Waals surface area contributed by atoms with Gasteiger partial charge in [0.1, 0.15) is 19.4 Å². The maximum absolute atomic E-state index is 11.8. The second-order valence-corrected chi connectivity index (χ2v) is 9.22. The van der Waals surface area contributed by atoms with Crippen LogP contribution in [0, 0.1) is 5.41 Å². The normalized spacial score (nSPS) is 19.9. The smallest absolute Gasteiger partial charge is 0.395 e. The maximum Gasteiger partial charge on any atom is 0.697 e. The van der Waals surface area contributed by atoms with Crippen LogP contribution in [0.15, 0.2) is 23.8 Å². The minimum Gasteiger partial charge on any atom is -0.395 e. The SMILES string of the molecule is C=C(SCCO[P+](=O)OCC1CCC(N(C)/C=C\C(=O)NC=O)O1)C(C)(C)CO. The molecule has 0 aliphatic carbocycles. The van der Waals surface area contributed by atoms with E-state index in [9.17, 15) is 19.3 Å². The van der Waals surface area contributed by atoms with Gasteiger partial charge in [-0.3, -0.25) is 14.9 Å². The first kappa shape index (κ1) is 25.7. The van der Waals surface area contributed by atoms with Crippen molar-refractivity contribution in [1.82, 2.24) is 10.2 Å². The highest BCUT2D eigenvalue weighted by atomic mass is 32.2. The maximum atomic E-state index is 11.8. The summed E-state index contributed by atoms with van der Waals surface area (Å²) >= 11 is 1.46. The molecule has 29 heavy (non-hydrogen) atoms. The first-order chi connectivity index (χ1) is 13.7. The van der Waals surface area contributed by atoms with E-state index in [4.69, 9.17) is 13.8 Å². The summed E-state index contributed by atoms with van der Waals surface area (Å²) in [5.74, 6) is 0.0456. The fraction of sp³-hybridized carbons (Fsp3) is 0.667. The van der Waals surface area contributed by atoms with Gasteiger partial charge in [-0.15, -0.1) is 20.8 Å². The molecular weight excluding hydrogens is 419 g/mol. The lowest BCUT2D eigenvalue weighted by Gasteiger charge is -2.23. The zero-order chi connectivity index (χ0) is 21.9. The van der Waals surface area contributed by atoms with Crippen LogP contribution < -0.4 is 5.32 Å². The number of imide groups is 1. The van der Waals surface area contributed by atoms with Crippen molar-refractivity contribution < 1.29 is 33.0 Å². The first-order valence-electron chi connectivity index (χ1n) is 9.15. The third-order valence-electron chi connectivity index (χ3n) is 4.27. The van der Waals surface area contributed by atoms with Crippen LogP contribution in [0.4, 0.5) is 0 Å². The van der Waals surface area contributed by atoms with Crippen LogP contribution in [0.2, 0.25) is 0 Å². The molecule has 2 amide bonds. The van der Waals surface area contributed by atoms with Crippen molar-refractivity contribution in [2.75, 3.05) is 32.6 Å². The van der Waals surface area contributed by atoms with E-state index in [-0.39, 0.29) is 37.6 Å². The number of nitrogens with zero attached hydrogens (tertiary/aromatic N) is 1. The Morgan fingerprint density at radius 1 is 1.45 bits per heavy atom. The Labute approximate surface area is 176 Å². The number of thioether (sulfide) groups is 1. The molecule has 0 bridgehead atoms. The second-order valence-electron chi connectivity index (χ2n) is 7.06. The summed E-state index contributed by atoms with van der Waals surface area (Å²) in [4.78, 5) is 24.0. The number of carbonyl (C=O) groups is 2. The molecule has 1 fully saturated rings. The van der Waals surface area contributed by atoms with Crippen molar-refractivity contribution >= 4 is 32.3 Å². The standard InChI is InChI=1S/C18H29N2O7PS/c1-14(18(2,3)12-21)29-10-9-25-28(24)26-11-15-5-6-17(27-15)20(4)8-7-16(23)19-13-22/h7-8,13,15,17,21H,1,5-6,9-12H2,2-4H3/p+1/b8-7-. The molecule has 1 heterocycles. The molecule has 1 rings (SSSR count). The number of aliphatic hydroxyl groups is 1. The molecule has 11 heteroatoms. The summed E-state index contributed by atoms with van der Waals surface area (Å²) in [5.41, 5.74) is -0.375. The van der Waals surface area contributed by atoms with Crippen LogP contribution >= 0.6 is 20.0 Å². The lowest BCUT2D eigenvalue weighted by Crippen LogP contribution is -2.29. The van der Waals surface area contributed by atoms with Crippen LogP contribution in [0.3, 0.4) is 0 Å². The molecule has 164 valence electrons. The lowest BCUT2D eigenvalue weighted by atomic mass is 9.95. The van der Waals surface area contributed by atoms with E-state index in [0.717, 1.165) is 17.7 Å². The van der Waals surface area contributed by atoms with Gasteiger partial charge in [0.15, 0.2) is 0 Å². The first-order valence-corrected chi connectivity index (χ1v) is 11.2. The number of carbonyl (C=O) groups excluding carboxylic acids is 2. The van der Waals surface area contributed by atoms with Crippen molar-refractivity contribution in [2.24, 2.45) is 5.41 Å². The zero-order valence-electron chi connectivity index (χ0n) is 17.0. The predicted octanol–water partition coefficient (Wildman–Crippen LogP) is 2.17. The summed E-state index contributed by atoms with van der Waals surface area (Å²) in [6.45, 7) is 8.13. The van der Waals surface area contributed by atoms with Gasteiger partial charge >= 0.3 is 8.25 Å². The minimum atomic E-state index is -2.24. The molecule has 0 aromatic carbocycles. The third kappa shape index (κ3) is 9.84. The number of hydrogen-bond acceptors (Lipinski definition) is 9. The highest BCUT2D eigenvalue weighted by Crippen LogP contribution is 2.34. The van der Waals surface area contributed by atoms with Gasteiger partial charge in [-0.25, -0.2) is 0 Å². The fourth-order valence-electron chi connectivity index (χ4n) is 2.24. The van der Waals surface area contributed by atoms with Gasteiger partial charge in [0, 0.05) is 35.1 Å². The van der Waals surface area contributed by atoms with Crippen LogP contribution in [0.1, 0.15) is 26.7 Å². The number of aliphatic hydroxyl groups excluding tert-OH is 1. The monoisotopic (exact) mass is 449 g/mol. The topological polar surface area (TPSA) is 114 Å². The van der Waals surface area contributed by atoms with E-state index in [0.29, 0.717) is 12.2 Å². The highest BCUT2D eigenvalue weighted by molar-refractivity contribution is 8.03. The number of nitrogens with one attached hydrogen (secondary N) is 1. The van der Waals surface area contributed by atoms with Crippen molar-refractivity contribution in [3.8, 4) is 0 Å². The summed E-state index contributed by atoms with van der Waals surface area (Å²) in [6, 6.07) is 0. The molecular formula is C18H30N2O7PS+. The van der Waals surface area contributed by atoms with E-state index in [1.54, 1.807) is 11.9 Å². The van der Waals surface area contributed by atoms with Gasteiger partial charge in [-0.05, 0) is 17.7 Å². The molecule has 3 atom stereocenters. The number of hydrogen-bond donors (Lipinski definition) is 2. The molecule has 0 spiro atoms. The summed E-state index contributed by atoms with van der Waals surface area (Å²) in [5, 5.41) is 11.3. The Kier molecular flexibility index (Phi) is 11.6. The number of ether oxygens (including phenoxy) is 1. The van der Waals surface area contributed by atoms with E-state index in [2.05, 4.69) is 6.58 Å². The van der Waals surface area contributed by atoms with Gasteiger partial charge in [0.2, 0.25) is 6.41 Å². The molecule has 0 radical (unpaired) electrons. The Balaban J connectivity index is 2.21. The summed E-state index contributed by atoms with van der Waals surface area (Å²) in [6.07, 6.45) is 4.07. The Morgan fingerprint density at radius 3 is 2.83 bits per heavy atom. The van der Waals surface area contributed by atoms with E-state index in [1.807, 2.05) is 19.2 Å². The van der Waals surface area contributed by atoms with Gasteiger partial charge in [0.25, 0.3) is 5.91 Å². The Morgan fingerprint density at radius 2 is 2.17 bits per heavy atom. The summed E-state index contributed by atoms with van der Waals surface area (Å²) in [7, 11) is -0.489. The number of amides is 2. The molecule has 0 aromatic heterocycles. The lowest BCUT2D eigenvalue weighted by molar-refractivity contribution is -0.121. The zero-order valence-corrected chi connectivity index (χ0v) is 18.7. The van der Waals surface area contributed by atoms with Gasteiger partial charge < -0.3 is 14.7 Å². The van der Waals surface area contributed by atoms with Crippen molar-refractivity contribution in [2.45, 2.75) is 39.0 Å². The average Bonchev–Trinajstić information content (AvgIpc) is 3.17. The number of rotatable bonds is 14. The van der Waals surface area contributed by atoms with E-state index in [1.165, 1.54) is 24.0 Å². The van der Waals surface area contributed by atoms with Crippen LogP contribution in [-0.4, -0.2) is 67.3 Å². The third-order valence-corrected chi connectivity index (χ3v) is 6.30. The van der Waals surface area contributed by atoms with Gasteiger partial charge in [-0.1, -0.05) is 20.4 Å². The van der Waals surface area contributed by atoms with E-state index >= 15 is 0 Å². The summed E-state index contributed by atoms with van der Waals surface area (Å²) < 4.78 is 28.0. The molecule has 1 aliphatic rings. The largest absolute Gasteiger partial charge is 0.697 e. The Bertz CT molecular complexity index is 615. The Hall–Kier alpha value is -1.29. The van der Waals surface area contributed by atoms with Crippen LogP contribution in [0.25, 0.3) is 0 Å². The second kappa shape index (κ2) is 13.1. The van der Waals surface area contributed by atoms with E-state index < -0.39 is 14.2 Å². The molecule has 1 saturated heterocycles. The minimum absolute atomic E-state index is 0.0103. The molecule has 0 saturated carbocycles. The van der Waals surface area contributed by atoms with Gasteiger partial charge in [-0.2, -0.15) is 0 Å². The van der Waals surface area contributed by atoms with Gasteiger partial charge in [0.05, 0.1) is 12.7 Å². The molecule has 3 unspecified atom stereocenters. The highest BCUT2D eigenvalue weighted by Gasteiger charge is 2.31. The molecule has 9 nitrogen and oxygen atoms in total. The molecule has 2 N–H and O–H groups in total. The molecule has 0 aromatic rings. The van der Waals surface area contributed by atoms with Crippen LogP contribution in [-0.2, 0) is 27.9 Å². The quantitative estimate of drug-likeness (QED) is 0.178. The average molecular weight is 449 g/mol. The predicted molar refractivity (Wildman–Crippen MR) is 111 cm³/mol. The molecule has 1 aliphatic heterocycles. The van der Waals surface area contributed by atoms with Crippen LogP contribution in [0.5, 0.6) is 0 Å². The van der Waals surface area contributed by atoms with Crippen molar-refractivity contribution in [1.29, 1.82) is 0 Å². The van der Waals surface area contributed by atoms with Crippen molar-refractivity contribution in [3.63, 3.8) is 0 Å². The fourth-order valence-corrected chi connectivity index (χ4v) is 3.83. The van der Waals surface area contributed by atoms with Crippen molar-refractivity contribution in [3.05, 3.63) is 23.8 Å².